The number of carbonyl (C=O) groups excluding carboxylic acids is 1. The molecule has 0 saturated heterocycles. The van der Waals surface area contributed by atoms with Crippen molar-refractivity contribution >= 4 is 15.7 Å². The average Bonchev–Trinajstić information content (AvgIpc) is 2.24. The van der Waals surface area contributed by atoms with Crippen LogP contribution in [0.3, 0.4) is 0 Å². The predicted molar refractivity (Wildman–Crippen MR) is 66.4 cm³/mol. The van der Waals surface area contributed by atoms with Crippen LogP contribution in [-0.4, -0.2) is 20.6 Å². The van der Waals surface area contributed by atoms with Crippen molar-refractivity contribution in [3.8, 4) is 0 Å². The Balaban J connectivity index is 3.34. The molecule has 0 fully saturated rings. The first kappa shape index (κ1) is 14.6. The van der Waals surface area contributed by atoms with Gasteiger partial charge in [0, 0.05) is 25.3 Å². The number of sulfone groups is 1. The van der Waals surface area contributed by atoms with Crippen molar-refractivity contribution < 1.29 is 17.6 Å². The van der Waals surface area contributed by atoms with Gasteiger partial charge in [0.05, 0.1) is 4.90 Å². The van der Waals surface area contributed by atoms with E-state index in [0.29, 0.717) is 12.0 Å². The van der Waals surface area contributed by atoms with E-state index in [1.807, 2.05) is 6.92 Å². The lowest BCUT2D eigenvalue weighted by Crippen LogP contribution is -2.21. The van der Waals surface area contributed by atoms with E-state index >= 15 is 0 Å². The lowest BCUT2D eigenvalue weighted by molar-refractivity contribution is -0.119. The number of halogens is 1. The van der Waals surface area contributed by atoms with Gasteiger partial charge in [0.2, 0.25) is 5.91 Å². The summed E-state index contributed by atoms with van der Waals surface area (Å²) in [5.41, 5.74) is 0.615. The average molecular weight is 273 g/mol. The van der Waals surface area contributed by atoms with Crippen molar-refractivity contribution in [2.75, 3.05) is 6.26 Å². The van der Waals surface area contributed by atoms with Gasteiger partial charge in [-0.15, -0.1) is 0 Å². The zero-order chi connectivity index (χ0) is 13.9. The van der Waals surface area contributed by atoms with Gasteiger partial charge in [-0.05, 0) is 24.1 Å². The number of carbonyl (C=O) groups is 1. The quantitative estimate of drug-likeness (QED) is 0.902. The second-order valence-corrected chi connectivity index (χ2v) is 6.07. The Morgan fingerprint density at radius 2 is 2.00 bits per heavy atom. The number of rotatable bonds is 4. The van der Waals surface area contributed by atoms with Crippen LogP contribution < -0.4 is 5.32 Å². The summed E-state index contributed by atoms with van der Waals surface area (Å²) in [6.45, 7) is 2.97. The molecular weight excluding hydrogens is 257 g/mol. The molecule has 0 radical (unpaired) electrons. The molecule has 100 valence electrons. The third-order valence-electron chi connectivity index (χ3n) is 2.54. The van der Waals surface area contributed by atoms with Crippen LogP contribution in [0.1, 0.15) is 25.0 Å². The Labute approximate surface area is 106 Å². The molecule has 18 heavy (non-hydrogen) atoms. The van der Waals surface area contributed by atoms with E-state index in [0.717, 1.165) is 6.26 Å². The molecule has 1 amide bonds. The van der Waals surface area contributed by atoms with Crippen molar-refractivity contribution in [3.05, 3.63) is 29.1 Å². The highest BCUT2D eigenvalue weighted by atomic mass is 32.2. The molecule has 0 saturated carbocycles. The summed E-state index contributed by atoms with van der Waals surface area (Å²) in [7, 11) is -3.53. The Morgan fingerprint density at radius 1 is 1.39 bits per heavy atom. The maximum Gasteiger partial charge on any atom is 0.217 e. The molecule has 0 atom stereocenters. The van der Waals surface area contributed by atoms with Crippen LogP contribution in [0.15, 0.2) is 17.0 Å². The summed E-state index contributed by atoms with van der Waals surface area (Å²) in [6.07, 6.45) is 1.57. The van der Waals surface area contributed by atoms with E-state index in [1.54, 1.807) is 0 Å². The minimum Gasteiger partial charge on any atom is -0.352 e. The normalized spacial score (nSPS) is 11.3. The Hall–Kier alpha value is -1.43. The highest BCUT2D eigenvalue weighted by molar-refractivity contribution is 7.90. The smallest absolute Gasteiger partial charge is 0.217 e. The van der Waals surface area contributed by atoms with E-state index in [9.17, 15) is 17.6 Å². The van der Waals surface area contributed by atoms with Gasteiger partial charge in [0.1, 0.15) is 5.82 Å². The van der Waals surface area contributed by atoms with Crippen LogP contribution in [0, 0.1) is 5.82 Å². The number of amides is 1. The summed E-state index contributed by atoms with van der Waals surface area (Å²) in [5, 5.41) is 2.41. The van der Waals surface area contributed by atoms with E-state index in [4.69, 9.17) is 0 Å². The first-order valence-corrected chi connectivity index (χ1v) is 7.40. The van der Waals surface area contributed by atoms with Crippen LogP contribution in [0.2, 0.25) is 0 Å². The summed E-state index contributed by atoms with van der Waals surface area (Å²) in [6, 6.07) is 2.75. The maximum atomic E-state index is 13.9. The molecule has 0 aliphatic carbocycles. The molecule has 0 bridgehead atoms. The summed E-state index contributed by atoms with van der Waals surface area (Å²) in [4.78, 5) is 10.8. The second kappa shape index (κ2) is 5.48. The van der Waals surface area contributed by atoms with Gasteiger partial charge in [-0.1, -0.05) is 6.92 Å². The third-order valence-corrected chi connectivity index (χ3v) is 3.70. The van der Waals surface area contributed by atoms with Gasteiger partial charge in [0.25, 0.3) is 0 Å². The van der Waals surface area contributed by atoms with Crippen molar-refractivity contribution in [1.29, 1.82) is 0 Å². The molecule has 6 heteroatoms. The first-order valence-electron chi connectivity index (χ1n) is 5.51. The first-order chi connectivity index (χ1) is 8.25. The molecule has 0 aliphatic rings. The largest absolute Gasteiger partial charge is 0.352 e. The van der Waals surface area contributed by atoms with E-state index in [2.05, 4.69) is 5.32 Å². The van der Waals surface area contributed by atoms with Crippen molar-refractivity contribution in [2.45, 2.75) is 31.7 Å². The molecule has 0 aromatic heterocycles. The van der Waals surface area contributed by atoms with Crippen LogP contribution in [0.4, 0.5) is 4.39 Å². The topological polar surface area (TPSA) is 63.2 Å². The highest BCUT2D eigenvalue weighted by Crippen LogP contribution is 2.22. The van der Waals surface area contributed by atoms with E-state index in [1.165, 1.54) is 19.1 Å². The lowest BCUT2D eigenvalue weighted by Gasteiger charge is -2.11. The fraction of sp³-hybridized carbons (Fsp3) is 0.417. The second-order valence-electron chi connectivity index (χ2n) is 4.09. The molecule has 4 nitrogen and oxygen atoms in total. The zero-order valence-electron chi connectivity index (χ0n) is 10.6. The number of nitrogens with one attached hydrogen (secondary N) is 1. The van der Waals surface area contributed by atoms with Gasteiger partial charge in [-0.25, -0.2) is 12.8 Å². The SMILES string of the molecule is CCc1cc(F)c(CNC(C)=O)c(S(C)(=O)=O)c1. The minimum atomic E-state index is -3.53. The maximum absolute atomic E-state index is 13.9. The molecule has 0 spiro atoms. The molecule has 1 aromatic carbocycles. The minimum absolute atomic E-state index is 0.00454. The van der Waals surface area contributed by atoms with E-state index < -0.39 is 15.7 Å². The number of aryl methyl sites for hydroxylation is 1. The van der Waals surface area contributed by atoms with Gasteiger partial charge in [-0.2, -0.15) is 0 Å². The fourth-order valence-corrected chi connectivity index (χ4v) is 2.57. The Bertz CT molecular complexity index is 567. The van der Waals surface area contributed by atoms with Gasteiger partial charge in [0.15, 0.2) is 9.84 Å². The number of benzene rings is 1. The van der Waals surface area contributed by atoms with Crippen molar-refractivity contribution in [2.24, 2.45) is 0 Å². The predicted octanol–water partition coefficient (Wildman–Crippen LogP) is 1.43. The third kappa shape index (κ3) is 3.53. The van der Waals surface area contributed by atoms with Gasteiger partial charge < -0.3 is 5.32 Å². The molecule has 1 aromatic rings. The standard InChI is InChI=1S/C12H16FNO3S/c1-4-9-5-11(13)10(7-14-8(2)15)12(6-9)18(3,16)17/h5-6H,4,7H2,1-3H3,(H,14,15). The molecule has 0 unspecified atom stereocenters. The number of hydrogen-bond donors (Lipinski definition) is 1. The fourth-order valence-electron chi connectivity index (χ4n) is 1.58. The van der Waals surface area contributed by atoms with Gasteiger partial charge in [-0.3, -0.25) is 4.79 Å². The highest BCUT2D eigenvalue weighted by Gasteiger charge is 2.18. The lowest BCUT2D eigenvalue weighted by atomic mass is 10.1. The summed E-state index contributed by atoms with van der Waals surface area (Å²) >= 11 is 0. The Kier molecular flexibility index (Phi) is 4.45. The zero-order valence-corrected chi connectivity index (χ0v) is 11.4. The van der Waals surface area contributed by atoms with Crippen LogP contribution in [-0.2, 0) is 27.6 Å². The molecule has 0 heterocycles. The molecule has 1 N–H and O–H groups in total. The summed E-state index contributed by atoms with van der Waals surface area (Å²) < 4.78 is 37.1. The van der Waals surface area contributed by atoms with Crippen molar-refractivity contribution in [3.63, 3.8) is 0 Å². The van der Waals surface area contributed by atoms with E-state index in [-0.39, 0.29) is 22.9 Å². The monoisotopic (exact) mass is 273 g/mol. The molecular formula is C12H16FNO3S. The number of hydrogen-bond acceptors (Lipinski definition) is 3. The molecule has 1 rings (SSSR count). The summed E-state index contributed by atoms with van der Waals surface area (Å²) in [5.74, 6) is -0.947. The van der Waals surface area contributed by atoms with Crippen LogP contribution in [0.5, 0.6) is 0 Å². The van der Waals surface area contributed by atoms with Crippen molar-refractivity contribution in [1.82, 2.24) is 5.32 Å². The van der Waals surface area contributed by atoms with Crippen LogP contribution >= 0.6 is 0 Å². The van der Waals surface area contributed by atoms with Gasteiger partial charge >= 0.3 is 0 Å². The molecule has 0 aliphatic heterocycles. The Morgan fingerprint density at radius 3 is 2.44 bits per heavy atom. The van der Waals surface area contributed by atoms with Crippen LogP contribution in [0.25, 0.3) is 0 Å².